The second-order valence-corrected chi connectivity index (χ2v) is 5.51. The van der Waals surface area contributed by atoms with Crippen LogP contribution in [0.15, 0.2) is 35.8 Å². The van der Waals surface area contributed by atoms with Crippen molar-refractivity contribution in [2.45, 2.75) is 6.42 Å². The lowest BCUT2D eigenvalue weighted by Crippen LogP contribution is -2.32. The van der Waals surface area contributed by atoms with E-state index < -0.39 is 0 Å². The zero-order chi connectivity index (χ0) is 15.1. The van der Waals surface area contributed by atoms with E-state index in [0.29, 0.717) is 13.2 Å². The number of carbonyl (C=O) groups is 1. The Hall–Kier alpha value is -1.92. The highest BCUT2D eigenvalue weighted by atomic mass is 32.1. The van der Waals surface area contributed by atoms with Crippen LogP contribution in [0.5, 0.6) is 0 Å². The molecule has 0 fully saturated rings. The number of nitrogens with zero attached hydrogens (tertiary/aromatic N) is 2. The Morgan fingerprint density at radius 2 is 2.33 bits per heavy atom. The van der Waals surface area contributed by atoms with E-state index in [2.05, 4.69) is 10.3 Å². The van der Waals surface area contributed by atoms with Crippen molar-refractivity contribution in [2.24, 2.45) is 0 Å². The van der Waals surface area contributed by atoms with Gasteiger partial charge in [-0.1, -0.05) is 12.1 Å². The number of methoxy groups -OCH3 is 1. The number of urea groups is 1. The van der Waals surface area contributed by atoms with Crippen LogP contribution < -0.4 is 5.32 Å². The van der Waals surface area contributed by atoms with Crippen molar-refractivity contribution in [3.8, 4) is 10.6 Å². The molecule has 6 heteroatoms. The molecule has 1 aromatic heterocycles. The third-order valence-electron chi connectivity index (χ3n) is 2.98. The predicted octanol–water partition coefficient (Wildman–Crippen LogP) is 3.31. The molecule has 2 amide bonds. The summed E-state index contributed by atoms with van der Waals surface area (Å²) in [6, 6.07) is 7.58. The lowest BCUT2D eigenvalue weighted by atomic mass is 10.2. The van der Waals surface area contributed by atoms with Gasteiger partial charge in [0, 0.05) is 50.1 Å². The number of hydrogen-bond donors (Lipinski definition) is 1. The molecule has 0 aliphatic rings. The molecule has 1 heterocycles. The molecule has 0 bridgehead atoms. The molecule has 0 aliphatic carbocycles. The van der Waals surface area contributed by atoms with Gasteiger partial charge >= 0.3 is 6.03 Å². The van der Waals surface area contributed by atoms with E-state index in [-0.39, 0.29) is 6.03 Å². The third-order valence-corrected chi connectivity index (χ3v) is 3.80. The van der Waals surface area contributed by atoms with Crippen LogP contribution >= 0.6 is 11.3 Å². The summed E-state index contributed by atoms with van der Waals surface area (Å²) in [5.41, 5.74) is 1.77. The summed E-state index contributed by atoms with van der Waals surface area (Å²) in [4.78, 5) is 18.0. The number of nitrogens with one attached hydrogen (secondary N) is 1. The smallest absolute Gasteiger partial charge is 0.321 e. The molecule has 5 nitrogen and oxygen atoms in total. The van der Waals surface area contributed by atoms with Crippen LogP contribution in [0.1, 0.15) is 6.42 Å². The molecule has 2 rings (SSSR count). The van der Waals surface area contributed by atoms with Gasteiger partial charge in [-0.3, -0.25) is 0 Å². The van der Waals surface area contributed by atoms with Crippen LogP contribution in [0, 0.1) is 0 Å². The van der Waals surface area contributed by atoms with Gasteiger partial charge in [0.25, 0.3) is 0 Å². The average Bonchev–Trinajstić information content (AvgIpc) is 3.02. The molecule has 2 aromatic rings. The standard InChI is InChI=1S/C15H19N3O2S/c1-18(8-4-9-20-2)15(19)17-13-6-3-5-12(11-13)14-16-7-10-21-14/h3,5-7,10-11H,4,8-9H2,1-2H3,(H,17,19). The minimum atomic E-state index is -0.123. The van der Waals surface area contributed by atoms with Gasteiger partial charge in [0.15, 0.2) is 0 Å². The third kappa shape index (κ3) is 4.54. The highest BCUT2D eigenvalue weighted by Gasteiger charge is 2.09. The quantitative estimate of drug-likeness (QED) is 0.833. The van der Waals surface area contributed by atoms with Crippen molar-refractivity contribution in [3.63, 3.8) is 0 Å². The Labute approximate surface area is 128 Å². The molecule has 112 valence electrons. The largest absolute Gasteiger partial charge is 0.385 e. The first kappa shape index (κ1) is 15.5. The number of hydrogen-bond acceptors (Lipinski definition) is 4. The number of anilines is 1. The van der Waals surface area contributed by atoms with Crippen LogP contribution in [-0.2, 0) is 4.74 Å². The van der Waals surface area contributed by atoms with Gasteiger partial charge < -0.3 is 15.0 Å². The van der Waals surface area contributed by atoms with Crippen molar-refractivity contribution in [3.05, 3.63) is 35.8 Å². The molecule has 0 spiro atoms. The first-order chi connectivity index (χ1) is 10.2. The van der Waals surface area contributed by atoms with Gasteiger partial charge in [-0.05, 0) is 18.6 Å². The molecule has 0 unspecified atom stereocenters. The Balaban J connectivity index is 1.96. The van der Waals surface area contributed by atoms with Crippen molar-refractivity contribution in [2.75, 3.05) is 32.6 Å². The summed E-state index contributed by atoms with van der Waals surface area (Å²) >= 11 is 1.58. The molecule has 21 heavy (non-hydrogen) atoms. The normalized spacial score (nSPS) is 10.4. The van der Waals surface area contributed by atoms with Crippen LogP contribution in [0.2, 0.25) is 0 Å². The summed E-state index contributed by atoms with van der Waals surface area (Å²) in [5.74, 6) is 0. The summed E-state index contributed by atoms with van der Waals surface area (Å²) in [7, 11) is 3.43. The zero-order valence-electron chi connectivity index (χ0n) is 12.2. The first-order valence-electron chi connectivity index (χ1n) is 6.71. The number of benzene rings is 1. The van der Waals surface area contributed by atoms with E-state index in [4.69, 9.17) is 4.74 Å². The van der Waals surface area contributed by atoms with Gasteiger partial charge in [0.1, 0.15) is 5.01 Å². The second kappa shape index (κ2) is 7.75. The van der Waals surface area contributed by atoms with Gasteiger partial charge in [0.2, 0.25) is 0 Å². The number of thiazole rings is 1. The lowest BCUT2D eigenvalue weighted by Gasteiger charge is -2.17. The van der Waals surface area contributed by atoms with Crippen LogP contribution in [-0.4, -0.2) is 43.2 Å². The average molecular weight is 305 g/mol. The molecule has 1 N–H and O–H groups in total. The molecule has 0 saturated carbocycles. The van der Waals surface area contributed by atoms with Crippen LogP contribution in [0.25, 0.3) is 10.6 Å². The van der Waals surface area contributed by atoms with Gasteiger partial charge in [-0.15, -0.1) is 11.3 Å². The highest BCUT2D eigenvalue weighted by Crippen LogP contribution is 2.24. The van der Waals surface area contributed by atoms with E-state index in [1.807, 2.05) is 29.6 Å². The Morgan fingerprint density at radius 1 is 1.48 bits per heavy atom. The molecular weight excluding hydrogens is 286 g/mol. The Morgan fingerprint density at radius 3 is 3.05 bits per heavy atom. The SMILES string of the molecule is COCCCN(C)C(=O)Nc1cccc(-c2nccs2)c1. The van der Waals surface area contributed by atoms with Crippen LogP contribution in [0.3, 0.4) is 0 Å². The first-order valence-corrected chi connectivity index (χ1v) is 7.59. The minimum Gasteiger partial charge on any atom is -0.385 e. The highest BCUT2D eigenvalue weighted by molar-refractivity contribution is 7.13. The van der Waals surface area contributed by atoms with E-state index in [0.717, 1.165) is 22.7 Å². The fourth-order valence-corrected chi connectivity index (χ4v) is 2.50. The molecule has 1 aromatic carbocycles. The fourth-order valence-electron chi connectivity index (χ4n) is 1.86. The monoisotopic (exact) mass is 305 g/mol. The molecule has 0 atom stereocenters. The van der Waals surface area contributed by atoms with Crippen molar-refractivity contribution in [1.29, 1.82) is 0 Å². The number of rotatable bonds is 6. The zero-order valence-corrected chi connectivity index (χ0v) is 13.0. The van der Waals surface area contributed by atoms with Gasteiger partial charge in [-0.25, -0.2) is 9.78 Å². The van der Waals surface area contributed by atoms with Gasteiger partial charge in [-0.2, -0.15) is 0 Å². The maximum atomic E-state index is 12.1. The van der Waals surface area contributed by atoms with Crippen molar-refractivity contribution in [1.82, 2.24) is 9.88 Å². The molecule has 0 radical (unpaired) electrons. The lowest BCUT2D eigenvalue weighted by molar-refractivity contribution is 0.179. The molecule has 0 aliphatic heterocycles. The minimum absolute atomic E-state index is 0.123. The number of carbonyl (C=O) groups excluding carboxylic acids is 1. The fraction of sp³-hybridized carbons (Fsp3) is 0.333. The second-order valence-electron chi connectivity index (χ2n) is 4.62. The Bertz CT molecular complexity index is 572. The van der Waals surface area contributed by atoms with E-state index in [1.165, 1.54) is 0 Å². The summed E-state index contributed by atoms with van der Waals surface area (Å²) in [5, 5.41) is 5.77. The maximum absolute atomic E-state index is 12.1. The Kier molecular flexibility index (Phi) is 5.71. The summed E-state index contributed by atoms with van der Waals surface area (Å²) in [6.07, 6.45) is 2.59. The maximum Gasteiger partial charge on any atom is 0.321 e. The van der Waals surface area contributed by atoms with E-state index >= 15 is 0 Å². The van der Waals surface area contributed by atoms with Crippen LogP contribution in [0.4, 0.5) is 10.5 Å². The number of amides is 2. The summed E-state index contributed by atoms with van der Waals surface area (Å²) in [6.45, 7) is 1.31. The number of ether oxygens (including phenoxy) is 1. The van der Waals surface area contributed by atoms with E-state index in [1.54, 1.807) is 36.6 Å². The topological polar surface area (TPSA) is 54.5 Å². The van der Waals surface area contributed by atoms with Crippen molar-refractivity contribution < 1.29 is 9.53 Å². The molecular formula is C15H19N3O2S. The summed E-state index contributed by atoms with van der Waals surface area (Å²) < 4.78 is 4.98. The van der Waals surface area contributed by atoms with Crippen molar-refractivity contribution >= 4 is 23.1 Å². The predicted molar refractivity (Wildman–Crippen MR) is 85.7 cm³/mol. The number of aromatic nitrogens is 1. The van der Waals surface area contributed by atoms with E-state index in [9.17, 15) is 4.79 Å². The van der Waals surface area contributed by atoms with Gasteiger partial charge in [0.05, 0.1) is 0 Å². The molecule has 0 saturated heterocycles.